The molecule has 136 valence electrons. The molecule has 2 aromatic carbocycles. The van der Waals surface area contributed by atoms with Gasteiger partial charge in [-0.15, -0.1) is 0 Å². The Hall–Kier alpha value is -3.29. The molecule has 0 saturated heterocycles. The Morgan fingerprint density at radius 2 is 1.77 bits per heavy atom. The molecule has 0 saturated carbocycles. The van der Waals surface area contributed by atoms with Gasteiger partial charge in [-0.1, -0.05) is 43.2 Å². The van der Waals surface area contributed by atoms with Gasteiger partial charge < -0.3 is 0 Å². The molecule has 2 rings (SSSR count). The molecule has 1 N–H and O–H groups in total. The highest BCUT2D eigenvalue weighted by atomic mass is 16.6. The fourth-order valence-corrected chi connectivity index (χ4v) is 2.36. The number of non-ortho nitro benzene ring substituents is 1. The molecule has 26 heavy (non-hydrogen) atoms. The molecular formula is C18H20N4O4. The fraction of sp³-hybridized carbons (Fsp3) is 0.278. The van der Waals surface area contributed by atoms with E-state index in [-0.39, 0.29) is 17.1 Å². The number of nitro groups is 2. The predicted molar refractivity (Wildman–Crippen MR) is 101 cm³/mol. The zero-order valence-electron chi connectivity index (χ0n) is 14.6. The summed E-state index contributed by atoms with van der Waals surface area (Å²) in [5, 5.41) is 26.4. The van der Waals surface area contributed by atoms with Crippen molar-refractivity contribution >= 4 is 22.8 Å². The van der Waals surface area contributed by atoms with Crippen LogP contribution >= 0.6 is 0 Å². The largest absolute Gasteiger partial charge is 0.301 e. The average Bonchev–Trinajstić information content (AvgIpc) is 2.62. The van der Waals surface area contributed by atoms with Gasteiger partial charge in [0.25, 0.3) is 5.69 Å². The second kappa shape index (κ2) is 8.70. The lowest BCUT2D eigenvalue weighted by Gasteiger charge is -2.08. The van der Waals surface area contributed by atoms with Gasteiger partial charge in [-0.05, 0) is 31.4 Å². The zero-order chi connectivity index (χ0) is 19.1. The highest BCUT2D eigenvalue weighted by Gasteiger charge is 2.19. The minimum absolute atomic E-state index is 0.113. The molecule has 8 heteroatoms. The summed E-state index contributed by atoms with van der Waals surface area (Å²) in [5.41, 5.74) is 4.93. The molecule has 0 amide bonds. The number of hydrogen-bond acceptors (Lipinski definition) is 6. The van der Waals surface area contributed by atoms with Crippen LogP contribution in [0.15, 0.2) is 47.6 Å². The molecule has 0 heterocycles. The molecule has 0 unspecified atom stereocenters. The van der Waals surface area contributed by atoms with E-state index >= 15 is 0 Å². The Balaban J connectivity index is 2.34. The van der Waals surface area contributed by atoms with Crippen LogP contribution < -0.4 is 5.43 Å². The maximum Gasteiger partial charge on any atom is 0.301 e. The molecule has 0 aliphatic heterocycles. The van der Waals surface area contributed by atoms with Crippen molar-refractivity contribution in [3.63, 3.8) is 0 Å². The second-order valence-corrected chi connectivity index (χ2v) is 5.86. The molecule has 2 aromatic rings. The van der Waals surface area contributed by atoms with Crippen LogP contribution in [0.25, 0.3) is 0 Å². The first-order valence-electron chi connectivity index (χ1n) is 8.24. The normalized spacial score (nSPS) is 11.2. The van der Waals surface area contributed by atoms with Gasteiger partial charge in [0.15, 0.2) is 0 Å². The number of aryl methyl sites for hydroxylation is 1. The Morgan fingerprint density at radius 1 is 1.08 bits per heavy atom. The lowest BCUT2D eigenvalue weighted by atomic mass is 10.0. The number of nitrogens with one attached hydrogen (secondary N) is 1. The SMILES string of the molecule is CCCC/C(=N/Nc1ccc([N+](=O)[O-])cc1[N+](=O)[O-])c1ccc(C)cc1. The molecule has 0 aliphatic carbocycles. The minimum Gasteiger partial charge on any atom is -0.271 e. The number of nitrogens with zero attached hydrogens (tertiary/aromatic N) is 3. The van der Waals surface area contributed by atoms with Crippen LogP contribution in [0.2, 0.25) is 0 Å². The maximum absolute atomic E-state index is 11.2. The third-order valence-corrected chi connectivity index (χ3v) is 3.85. The van der Waals surface area contributed by atoms with Gasteiger partial charge in [-0.3, -0.25) is 25.7 Å². The molecule has 8 nitrogen and oxygen atoms in total. The van der Waals surface area contributed by atoms with Crippen molar-refractivity contribution < 1.29 is 9.85 Å². The number of nitro benzene ring substituents is 2. The lowest BCUT2D eigenvalue weighted by molar-refractivity contribution is -0.393. The molecule has 0 aromatic heterocycles. The molecule has 0 bridgehead atoms. The Labute approximate surface area is 150 Å². The number of anilines is 1. The van der Waals surface area contributed by atoms with Gasteiger partial charge in [0.2, 0.25) is 0 Å². The molecular weight excluding hydrogens is 336 g/mol. The molecule has 0 spiro atoms. The Morgan fingerprint density at radius 3 is 2.35 bits per heavy atom. The van der Waals surface area contributed by atoms with Gasteiger partial charge in [0.05, 0.1) is 21.6 Å². The maximum atomic E-state index is 11.2. The van der Waals surface area contributed by atoms with Crippen molar-refractivity contribution in [2.75, 3.05) is 5.43 Å². The number of rotatable bonds is 8. The first-order chi connectivity index (χ1) is 12.4. The van der Waals surface area contributed by atoms with E-state index in [0.29, 0.717) is 6.42 Å². The van der Waals surface area contributed by atoms with Gasteiger partial charge in [0, 0.05) is 6.07 Å². The zero-order valence-corrected chi connectivity index (χ0v) is 14.6. The standard InChI is InChI=1S/C18H20N4O4/c1-3-4-5-16(14-8-6-13(2)7-9-14)19-20-17-11-10-15(21(23)24)12-18(17)22(25)26/h6-12,20H,3-5H2,1-2H3/b19-16-. The summed E-state index contributed by atoms with van der Waals surface area (Å²) in [6, 6.07) is 11.3. The van der Waals surface area contributed by atoms with Crippen molar-refractivity contribution in [2.24, 2.45) is 5.10 Å². The molecule has 0 atom stereocenters. The first-order valence-corrected chi connectivity index (χ1v) is 8.24. The Bertz CT molecular complexity index is 832. The van der Waals surface area contributed by atoms with Crippen LogP contribution in [0.1, 0.15) is 37.3 Å². The van der Waals surface area contributed by atoms with Gasteiger partial charge in [0.1, 0.15) is 5.69 Å². The fourth-order valence-electron chi connectivity index (χ4n) is 2.36. The van der Waals surface area contributed by atoms with E-state index in [1.54, 1.807) is 0 Å². The van der Waals surface area contributed by atoms with Crippen molar-refractivity contribution in [1.82, 2.24) is 0 Å². The van der Waals surface area contributed by atoms with E-state index in [4.69, 9.17) is 0 Å². The number of benzene rings is 2. The van der Waals surface area contributed by atoms with E-state index in [1.165, 1.54) is 12.1 Å². The number of hydrogen-bond donors (Lipinski definition) is 1. The molecule has 0 aliphatic rings. The summed E-state index contributed by atoms with van der Waals surface area (Å²) in [6.45, 7) is 4.06. The van der Waals surface area contributed by atoms with Crippen LogP contribution in [0, 0.1) is 27.2 Å². The average molecular weight is 356 g/mol. The van der Waals surface area contributed by atoms with E-state index in [0.717, 1.165) is 35.7 Å². The van der Waals surface area contributed by atoms with Crippen LogP contribution in [0.4, 0.5) is 17.1 Å². The predicted octanol–water partition coefficient (Wildman–Crippen LogP) is 4.82. The van der Waals surface area contributed by atoms with Crippen molar-refractivity contribution in [1.29, 1.82) is 0 Å². The topological polar surface area (TPSA) is 111 Å². The summed E-state index contributed by atoms with van der Waals surface area (Å²) in [4.78, 5) is 20.7. The molecule has 0 radical (unpaired) electrons. The summed E-state index contributed by atoms with van der Waals surface area (Å²) < 4.78 is 0. The summed E-state index contributed by atoms with van der Waals surface area (Å²) >= 11 is 0. The number of unbranched alkanes of at least 4 members (excludes halogenated alkanes) is 1. The van der Waals surface area contributed by atoms with Crippen LogP contribution in [0.3, 0.4) is 0 Å². The van der Waals surface area contributed by atoms with E-state index in [2.05, 4.69) is 17.5 Å². The quantitative estimate of drug-likeness (QED) is 0.414. The highest BCUT2D eigenvalue weighted by Crippen LogP contribution is 2.29. The minimum atomic E-state index is -0.668. The van der Waals surface area contributed by atoms with Crippen LogP contribution in [0.5, 0.6) is 0 Å². The smallest absolute Gasteiger partial charge is 0.271 e. The monoisotopic (exact) mass is 356 g/mol. The Kier molecular flexibility index (Phi) is 6.37. The second-order valence-electron chi connectivity index (χ2n) is 5.86. The summed E-state index contributed by atoms with van der Waals surface area (Å²) in [7, 11) is 0. The van der Waals surface area contributed by atoms with E-state index in [1.807, 2.05) is 31.2 Å². The van der Waals surface area contributed by atoms with Crippen molar-refractivity contribution in [2.45, 2.75) is 33.1 Å². The third kappa shape index (κ3) is 4.85. The van der Waals surface area contributed by atoms with Crippen molar-refractivity contribution in [3.05, 3.63) is 73.8 Å². The van der Waals surface area contributed by atoms with E-state index < -0.39 is 9.85 Å². The molecule has 0 fully saturated rings. The van der Waals surface area contributed by atoms with E-state index in [9.17, 15) is 20.2 Å². The van der Waals surface area contributed by atoms with Crippen LogP contribution in [-0.2, 0) is 0 Å². The van der Waals surface area contributed by atoms with Crippen LogP contribution in [-0.4, -0.2) is 15.6 Å². The highest BCUT2D eigenvalue weighted by molar-refractivity contribution is 6.01. The number of hydrazone groups is 1. The summed E-state index contributed by atoms with van der Waals surface area (Å²) in [5.74, 6) is 0. The van der Waals surface area contributed by atoms with Crippen molar-refractivity contribution in [3.8, 4) is 0 Å². The van der Waals surface area contributed by atoms with Gasteiger partial charge in [-0.25, -0.2) is 0 Å². The summed E-state index contributed by atoms with van der Waals surface area (Å²) in [6.07, 6.45) is 2.63. The first kappa shape index (κ1) is 19.0. The lowest BCUT2D eigenvalue weighted by Crippen LogP contribution is -2.06. The third-order valence-electron chi connectivity index (χ3n) is 3.85. The van der Waals surface area contributed by atoms with Gasteiger partial charge in [-0.2, -0.15) is 5.10 Å². The van der Waals surface area contributed by atoms with Gasteiger partial charge >= 0.3 is 5.69 Å².